The van der Waals surface area contributed by atoms with E-state index in [1.165, 1.54) is 0 Å². The van der Waals surface area contributed by atoms with Gasteiger partial charge < -0.3 is 15.0 Å². The second-order valence-electron chi connectivity index (χ2n) is 5.44. The number of aromatic nitrogens is 5. The quantitative estimate of drug-likeness (QED) is 0.753. The lowest BCUT2D eigenvalue weighted by atomic mass is 10.1. The lowest BCUT2D eigenvalue weighted by molar-refractivity contribution is 0.0695. The molecular weight excluding hydrogens is 296 g/mol. The maximum Gasteiger partial charge on any atom is 0.272 e. The Morgan fingerprint density at radius 3 is 3.00 bits per heavy atom. The number of rotatable bonds is 3. The van der Waals surface area contributed by atoms with Crippen LogP contribution >= 0.6 is 0 Å². The summed E-state index contributed by atoms with van der Waals surface area (Å²) in [4.78, 5) is 28.6. The predicted molar refractivity (Wildman–Crippen MR) is 82.3 cm³/mol. The van der Waals surface area contributed by atoms with E-state index in [9.17, 15) is 4.79 Å². The predicted octanol–water partition coefficient (Wildman–Crippen LogP) is 1.05. The standard InChI is InChI=1S/C15H16N6O2/c22-14(18-10-2-7-23-8-3-10)13-12-11(1-4-17-12)19-15(20-13)21-6-5-16-9-21/h1,4-6,9-10,17H,2-3,7-8H2,(H,18,22). The molecule has 3 aromatic rings. The summed E-state index contributed by atoms with van der Waals surface area (Å²) in [6.45, 7) is 1.35. The molecule has 0 atom stereocenters. The molecule has 0 aliphatic carbocycles. The molecule has 1 saturated heterocycles. The molecule has 0 aromatic carbocycles. The van der Waals surface area contributed by atoms with Crippen molar-refractivity contribution in [2.75, 3.05) is 13.2 Å². The maximum atomic E-state index is 12.7. The average molecular weight is 312 g/mol. The molecule has 8 heteroatoms. The summed E-state index contributed by atoms with van der Waals surface area (Å²) in [7, 11) is 0. The van der Waals surface area contributed by atoms with Gasteiger partial charge in [-0.25, -0.2) is 15.0 Å². The van der Waals surface area contributed by atoms with E-state index in [1.807, 2.05) is 6.07 Å². The molecule has 0 bridgehead atoms. The van der Waals surface area contributed by atoms with Crippen molar-refractivity contribution in [1.29, 1.82) is 0 Å². The highest BCUT2D eigenvalue weighted by Gasteiger charge is 2.21. The number of carbonyl (C=O) groups is 1. The zero-order valence-corrected chi connectivity index (χ0v) is 12.4. The summed E-state index contributed by atoms with van der Waals surface area (Å²) < 4.78 is 7.00. The molecule has 1 amide bonds. The zero-order valence-electron chi connectivity index (χ0n) is 12.4. The summed E-state index contributed by atoms with van der Waals surface area (Å²) in [5, 5.41) is 3.04. The van der Waals surface area contributed by atoms with Crippen LogP contribution in [0.15, 0.2) is 31.0 Å². The highest BCUT2D eigenvalue weighted by Crippen LogP contribution is 2.17. The third kappa shape index (κ3) is 2.68. The molecule has 1 aliphatic heterocycles. The van der Waals surface area contributed by atoms with Crippen molar-refractivity contribution in [2.24, 2.45) is 0 Å². The first kappa shape index (κ1) is 13.9. The van der Waals surface area contributed by atoms with E-state index in [0.29, 0.717) is 35.9 Å². The van der Waals surface area contributed by atoms with Crippen molar-refractivity contribution >= 4 is 16.9 Å². The van der Waals surface area contributed by atoms with E-state index in [2.05, 4.69) is 25.3 Å². The normalized spacial score (nSPS) is 15.8. The highest BCUT2D eigenvalue weighted by atomic mass is 16.5. The Morgan fingerprint density at radius 1 is 1.35 bits per heavy atom. The molecular formula is C15H16N6O2. The van der Waals surface area contributed by atoms with Crippen molar-refractivity contribution in [2.45, 2.75) is 18.9 Å². The van der Waals surface area contributed by atoms with E-state index in [4.69, 9.17) is 4.74 Å². The van der Waals surface area contributed by atoms with Gasteiger partial charge in [-0.2, -0.15) is 0 Å². The Kier molecular flexibility index (Phi) is 3.51. The summed E-state index contributed by atoms with van der Waals surface area (Å²) in [6.07, 6.45) is 8.38. The lowest BCUT2D eigenvalue weighted by Gasteiger charge is -2.23. The van der Waals surface area contributed by atoms with E-state index in [-0.39, 0.29) is 11.9 Å². The van der Waals surface area contributed by atoms with Crippen LogP contribution in [0.5, 0.6) is 0 Å². The second-order valence-corrected chi connectivity index (χ2v) is 5.44. The van der Waals surface area contributed by atoms with Crippen LogP contribution in [0.2, 0.25) is 0 Å². The van der Waals surface area contributed by atoms with Crippen molar-refractivity contribution in [3.05, 3.63) is 36.7 Å². The monoisotopic (exact) mass is 312 g/mol. The topological polar surface area (TPSA) is 97.7 Å². The van der Waals surface area contributed by atoms with Crippen molar-refractivity contribution in [3.8, 4) is 5.95 Å². The lowest BCUT2D eigenvalue weighted by Crippen LogP contribution is -2.39. The van der Waals surface area contributed by atoms with E-state index in [1.54, 1.807) is 29.5 Å². The van der Waals surface area contributed by atoms with Gasteiger partial charge in [0.05, 0.1) is 11.0 Å². The summed E-state index contributed by atoms with van der Waals surface area (Å²) in [5.41, 5.74) is 1.68. The van der Waals surface area contributed by atoms with Crippen LogP contribution in [-0.2, 0) is 4.74 Å². The molecule has 4 heterocycles. The first-order chi connectivity index (χ1) is 11.3. The number of H-pyrrole nitrogens is 1. The van der Waals surface area contributed by atoms with Gasteiger partial charge in [-0.3, -0.25) is 9.36 Å². The number of fused-ring (bicyclic) bond motifs is 1. The van der Waals surface area contributed by atoms with Gasteiger partial charge in [0.15, 0.2) is 5.69 Å². The highest BCUT2D eigenvalue weighted by molar-refractivity contribution is 6.03. The fraction of sp³-hybridized carbons (Fsp3) is 0.333. The van der Waals surface area contributed by atoms with Gasteiger partial charge in [0, 0.05) is 37.8 Å². The van der Waals surface area contributed by atoms with Crippen molar-refractivity contribution in [1.82, 2.24) is 29.8 Å². The molecule has 0 spiro atoms. The third-order valence-electron chi connectivity index (χ3n) is 3.90. The Labute approximate surface area is 131 Å². The van der Waals surface area contributed by atoms with E-state index < -0.39 is 0 Å². The number of carbonyl (C=O) groups excluding carboxylic acids is 1. The molecule has 3 aromatic heterocycles. The number of hydrogen-bond donors (Lipinski definition) is 2. The average Bonchev–Trinajstić information content (AvgIpc) is 3.26. The smallest absolute Gasteiger partial charge is 0.272 e. The number of aromatic amines is 1. The number of amides is 1. The van der Waals surface area contributed by atoms with Gasteiger partial charge in [-0.15, -0.1) is 0 Å². The molecule has 4 rings (SSSR count). The first-order valence-corrected chi connectivity index (χ1v) is 7.53. The summed E-state index contributed by atoms with van der Waals surface area (Å²) in [6, 6.07) is 1.94. The molecule has 23 heavy (non-hydrogen) atoms. The minimum Gasteiger partial charge on any atom is -0.381 e. The van der Waals surface area contributed by atoms with Gasteiger partial charge in [0.1, 0.15) is 6.33 Å². The van der Waals surface area contributed by atoms with Gasteiger partial charge in [-0.05, 0) is 18.9 Å². The van der Waals surface area contributed by atoms with Gasteiger partial charge in [0.25, 0.3) is 5.91 Å². The molecule has 0 saturated carbocycles. The van der Waals surface area contributed by atoms with Crippen LogP contribution in [0.25, 0.3) is 17.0 Å². The molecule has 0 unspecified atom stereocenters. The van der Waals surface area contributed by atoms with Crippen LogP contribution in [0.3, 0.4) is 0 Å². The number of nitrogens with one attached hydrogen (secondary N) is 2. The Balaban J connectivity index is 1.69. The molecule has 118 valence electrons. The summed E-state index contributed by atoms with van der Waals surface area (Å²) >= 11 is 0. The van der Waals surface area contributed by atoms with Crippen LogP contribution in [-0.4, -0.2) is 49.7 Å². The summed E-state index contributed by atoms with van der Waals surface area (Å²) in [5.74, 6) is 0.222. The number of nitrogens with zero attached hydrogens (tertiary/aromatic N) is 4. The maximum absolute atomic E-state index is 12.7. The minimum atomic E-state index is -0.201. The van der Waals surface area contributed by atoms with E-state index in [0.717, 1.165) is 12.8 Å². The number of imidazole rings is 1. The zero-order chi connectivity index (χ0) is 15.6. The molecule has 1 fully saturated rings. The van der Waals surface area contributed by atoms with Gasteiger partial charge in [0.2, 0.25) is 5.95 Å². The van der Waals surface area contributed by atoms with Crippen LogP contribution in [0.1, 0.15) is 23.3 Å². The van der Waals surface area contributed by atoms with Crippen LogP contribution in [0, 0.1) is 0 Å². The fourth-order valence-electron chi connectivity index (χ4n) is 2.69. The van der Waals surface area contributed by atoms with Crippen LogP contribution in [0.4, 0.5) is 0 Å². The number of ether oxygens (including phenoxy) is 1. The van der Waals surface area contributed by atoms with Gasteiger partial charge >= 0.3 is 0 Å². The largest absolute Gasteiger partial charge is 0.381 e. The Hall–Kier alpha value is -2.74. The molecule has 2 N–H and O–H groups in total. The molecule has 8 nitrogen and oxygen atoms in total. The first-order valence-electron chi connectivity index (χ1n) is 7.53. The van der Waals surface area contributed by atoms with E-state index >= 15 is 0 Å². The second kappa shape index (κ2) is 5.81. The SMILES string of the molecule is O=C(NC1CCOCC1)c1nc(-n2ccnc2)nc2cc[nH]c12. The van der Waals surface area contributed by atoms with Gasteiger partial charge in [-0.1, -0.05) is 0 Å². The minimum absolute atomic E-state index is 0.118. The third-order valence-corrected chi connectivity index (χ3v) is 3.90. The Bertz CT molecular complexity index is 820. The van der Waals surface area contributed by atoms with Crippen LogP contribution < -0.4 is 5.32 Å². The van der Waals surface area contributed by atoms with Crippen molar-refractivity contribution < 1.29 is 9.53 Å². The Morgan fingerprint density at radius 2 is 2.22 bits per heavy atom. The fourth-order valence-corrected chi connectivity index (χ4v) is 2.69. The molecule has 1 aliphatic rings. The van der Waals surface area contributed by atoms with Crippen molar-refractivity contribution in [3.63, 3.8) is 0 Å². The number of hydrogen-bond acceptors (Lipinski definition) is 5. The molecule has 0 radical (unpaired) electrons.